The Labute approximate surface area is 105 Å². The molecule has 0 atom stereocenters. The van der Waals surface area contributed by atoms with Gasteiger partial charge in [0.2, 0.25) is 10.0 Å². The van der Waals surface area contributed by atoms with E-state index in [1.165, 1.54) is 0 Å². The average Bonchev–Trinajstić information content (AvgIpc) is 2.22. The first kappa shape index (κ1) is 16.8. The lowest BCUT2D eigenvalue weighted by atomic mass is 10.1. The molecule has 6 heteroatoms. The van der Waals surface area contributed by atoms with E-state index in [0.717, 1.165) is 13.0 Å². The Morgan fingerprint density at radius 3 is 2.41 bits per heavy atom. The molecule has 0 fully saturated rings. The van der Waals surface area contributed by atoms with E-state index in [4.69, 9.17) is 4.74 Å². The van der Waals surface area contributed by atoms with Crippen molar-refractivity contribution in [3.8, 4) is 0 Å². The normalized spacial score (nSPS) is 12.9. The molecule has 0 amide bonds. The molecule has 0 spiro atoms. The van der Waals surface area contributed by atoms with Crippen molar-refractivity contribution in [1.82, 2.24) is 10.0 Å². The van der Waals surface area contributed by atoms with Crippen molar-refractivity contribution in [3.63, 3.8) is 0 Å². The summed E-state index contributed by atoms with van der Waals surface area (Å²) in [5.74, 6) is 0.177. The Balaban J connectivity index is 3.93. The average molecular weight is 266 g/mol. The topological polar surface area (TPSA) is 67.4 Å². The highest BCUT2D eigenvalue weighted by Crippen LogP contribution is 2.07. The van der Waals surface area contributed by atoms with Crippen LogP contribution in [-0.2, 0) is 14.8 Å². The predicted octanol–water partition coefficient (Wildman–Crippen LogP) is 0.721. The fraction of sp³-hybridized carbons (Fsp3) is 1.00. The molecule has 0 rings (SSSR count). The molecule has 0 unspecified atom stereocenters. The number of unbranched alkanes of at least 4 members (excludes halogenated alkanes) is 1. The van der Waals surface area contributed by atoms with Gasteiger partial charge >= 0.3 is 0 Å². The minimum atomic E-state index is -3.17. The summed E-state index contributed by atoms with van der Waals surface area (Å²) in [5, 5.41) is 2.99. The van der Waals surface area contributed by atoms with Gasteiger partial charge in [-0.1, -0.05) is 0 Å². The van der Waals surface area contributed by atoms with E-state index in [9.17, 15) is 8.42 Å². The van der Waals surface area contributed by atoms with Crippen LogP contribution in [0.2, 0.25) is 0 Å². The fourth-order valence-electron chi connectivity index (χ4n) is 1.39. The maximum absolute atomic E-state index is 11.7. The Hall–Kier alpha value is -0.170. The van der Waals surface area contributed by atoms with Crippen molar-refractivity contribution in [2.24, 2.45) is 0 Å². The minimum absolute atomic E-state index is 0.177. The third-order valence-electron chi connectivity index (χ3n) is 2.34. The molecule has 2 N–H and O–H groups in total. The van der Waals surface area contributed by atoms with Gasteiger partial charge in [0.25, 0.3) is 0 Å². The molecule has 0 aromatic heterocycles. The second-order valence-corrected chi connectivity index (χ2v) is 6.57. The molecule has 17 heavy (non-hydrogen) atoms. The van der Waals surface area contributed by atoms with Gasteiger partial charge < -0.3 is 10.1 Å². The first-order valence-electron chi connectivity index (χ1n) is 6.09. The van der Waals surface area contributed by atoms with Crippen molar-refractivity contribution < 1.29 is 13.2 Å². The Kier molecular flexibility index (Phi) is 7.94. The number of ether oxygens (including phenoxy) is 1. The van der Waals surface area contributed by atoms with Crippen LogP contribution in [0, 0.1) is 0 Å². The molecule has 104 valence electrons. The molecule has 0 aromatic rings. The van der Waals surface area contributed by atoms with Crippen molar-refractivity contribution in [1.29, 1.82) is 0 Å². The summed E-state index contributed by atoms with van der Waals surface area (Å²) in [6.07, 6.45) is 1.54. The smallest absolute Gasteiger partial charge is 0.211 e. The number of nitrogens with one attached hydrogen (secondary N) is 2. The SMILES string of the molecule is CCOC(C)(C)CNS(=O)(=O)CCCCNC. The van der Waals surface area contributed by atoms with E-state index >= 15 is 0 Å². The van der Waals surface area contributed by atoms with Crippen LogP contribution >= 0.6 is 0 Å². The zero-order valence-corrected chi connectivity index (χ0v) is 12.2. The first-order valence-corrected chi connectivity index (χ1v) is 7.74. The van der Waals surface area contributed by atoms with E-state index in [2.05, 4.69) is 10.0 Å². The molecule has 0 saturated carbocycles. The van der Waals surface area contributed by atoms with Gasteiger partial charge in [0, 0.05) is 13.2 Å². The maximum atomic E-state index is 11.7. The molecule has 0 aliphatic rings. The van der Waals surface area contributed by atoms with Crippen LogP contribution in [0.25, 0.3) is 0 Å². The van der Waals surface area contributed by atoms with Crippen molar-refractivity contribution in [2.75, 3.05) is 32.5 Å². The van der Waals surface area contributed by atoms with E-state index in [1.807, 2.05) is 27.8 Å². The van der Waals surface area contributed by atoms with Gasteiger partial charge in [0.15, 0.2) is 0 Å². The summed E-state index contributed by atoms with van der Waals surface area (Å²) in [5.41, 5.74) is -0.452. The molecule has 0 bridgehead atoms. The minimum Gasteiger partial charge on any atom is -0.375 e. The van der Waals surface area contributed by atoms with Gasteiger partial charge in [-0.15, -0.1) is 0 Å². The third-order valence-corrected chi connectivity index (χ3v) is 3.75. The van der Waals surface area contributed by atoms with Crippen LogP contribution in [0.5, 0.6) is 0 Å². The zero-order chi connectivity index (χ0) is 13.4. The Morgan fingerprint density at radius 2 is 1.88 bits per heavy atom. The van der Waals surface area contributed by atoms with Gasteiger partial charge in [-0.25, -0.2) is 13.1 Å². The molecule has 0 aliphatic heterocycles. The highest BCUT2D eigenvalue weighted by molar-refractivity contribution is 7.89. The largest absolute Gasteiger partial charge is 0.375 e. The van der Waals surface area contributed by atoms with E-state index in [-0.39, 0.29) is 5.75 Å². The zero-order valence-electron chi connectivity index (χ0n) is 11.4. The predicted molar refractivity (Wildman–Crippen MR) is 70.7 cm³/mol. The standard InChI is InChI=1S/C11H26N2O3S/c1-5-16-11(2,3)10-13-17(14,15)9-7-6-8-12-4/h12-13H,5-10H2,1-4H3. The van der Waals surface area contributed by atoms with Gasteiger partial charge in [-0.2, -0.15) is 0 Å². The lowest BCUT2D eigenvalue weighted by Gasteiger charge is -2.24. The van der Waals surface area contributed by atoms with Gasteiger partial charge in [0.1, 0.15) is 0 Å². The number of hydrogen-bond donors (Lipinski definition) is 2. The van der Waals surface area contributed by atoms with Gasteiger partial charge in [-0.05, 0) is 47.2 Å². The molecular weight excluding hydrogens is 240 g/mol. The highest BCUT2D eigenvalue weighted by atomic mass is 32.2. The molecule has 0 aromatic carbocycles. The molecule has 0 aliphatic carbocycles. The lowest BCUT2D eigenvalue weighted by Crippen LogP contribution is -2.41. The van der Waals surface area contributed by atoms with Crippen molar-refractivity contribution >= 4 is 10.0 Å². The molecule has 0 heterocycles. The van der Waals surface area contributed by atoms with E-state index in [1.54, 1.807) is 0 Å². The maximum Gasteiger partial charge on any atom is 0.211 e. The van der Waals surface area contributed by atoms with Crippen molar-refractivity contribution in [3.05, 3.63) is 0 Å². The van der Waals surface area contributed by atoms with Gasteiger partial charge in [0.05, 0.1) is 11.4 Å². The monoisotopic (exact) mass is 266 g/mol. The Morgan fingerprint density at radius 1 is 1.24 bits per heavy atom. The highest BCUT2D eigenvalue weighted by Gasteiger charge is 2.20. The summed E-state index contributed by atoms with van der Waals surface area (Å²) in [6.45, 7) is 7.39. The van der Waals surface area contributed by atoms with Crippen LogP contribution in [0.1, 0.15) is 33.6 Å². The Bertz CT molecular complexity index is 289. The number of sulfonamides is 1. The lowest BCUT2D eigenvalue weighted by molar-refractivity contribution is -0.00515. The van der Waals surface area contributed by atoms with Crippen LogP contribution in [0.4, 0.5) is 0 Å². The number of hydrogen-bond acceptors (Lipinski definition) is 4. The second kappa shape index (κ2) is 8.02. The van der Waals surface area contributed by atoms with E-state index in [0.29, 0.717) is 19.6 Å². The second-order valence-electron chi connectivity index (χ2n) is 4.64. The molecule has 0 saturated heterocycles. The molecular formula is C11H26N2O3S. The van der Waals surface area contributed by atoms with Crippen LogP contribution in [-0.4, -0.2) is 46.5 Å². The van der Waals surface area contributed by atoms with Crippen molar-refractivity contribution in [2.45, 2.75) is 39.2 Å². The van der Waals surface area contributed by atoms with Crippen LogP contribution < -0.4 is 10.0 Å². The third kappa shape index (κ3) is 9.52. The fourth-order valence-corrected chi connectivity index (χ4v) is 2.69. The van der Waals surface area contributed by atoms with Gasteiger partial charge in [-0.3, -0.25) is 0 Å². The van der Waals surface area contributed by atoms with Crippen LogP contribution in [0.3, 0.4) is 0 Å². The van der Waals surface area contributed by atoms with Crippen LogP contribution in [0.15, 0.2) is 0 Å². The summed E-state index contributed by atoms with van der Waals surface area (Å²) in [4.78, 5) is 0. The summed E-state index contributed by atoms with van der Waals surface area (Å²) in [6, 6.07) is 0. The first-order chi connectivity index (χ1) is 7.83. The number of rotatable bonds is 10. The van der Waals surface area contributed by atoms with E-state index < -0.39 is 15.6 Å². The summed E-state index contributed by atoms with van der Waals surface area (Å²) < 4.78 is 31.3. The molecule has 0 radical (unpaired) electrons. The quantitative estimate of drug-likeness (QED) is 0.572. The molecule has 5 nitrogen and oxygen atoms in total. The summed E-state index contributed by atoms with van der Waals surface area (Å²) >= 11 is 0. The summed E-state index contributed by atoms with van der Waals surface area (Å²) in [7, 11) is -1.31.